The maximum absolute atomic E-state index is 3.54. The van der Waals surface area contributed by atoms with E-state index in [2.05, 4.69) is 37.2 Å². The van der Waals surface area contributed by atoms with E-state index < -0.39 is 0 Å². The standard InChI is InChI=1S/C13H19BrN2S/c14-11-7-13(17-10-11)9-15-5-6-16-4-2-1-3-12(16)8-15/h7,10,12H,1-6,8-9H2. The normalized spacial score (nSPS) is 27.0. The average Bonchev–Trinajstić information content (AvgIpc) is 2.75. The predicted octanol–water partition coefficient (Wildman–Crippen LogP) is 3.18. The van der Waals surface area contributed by atoms with Crippen LogP contribution in [0.1, 0.15) is 24.1 Å². The molecule has 2 nitrogen and oxygen atoms in total. The van der Waals surface area contributed by atoms with Gasteiger partial charge >= 0.3 is 0 Å². The summed E-state index contributed by atoms with van der Waals surface area (Å²) in [5.74, 6) is 0. The van der Waals surface area contributed by atoms with Crippen molar-refractivity contribution in [2.45, 2.75) is 31.8 Å². The van der Waals surface area contributed by atoms with E-state index in [0.29, 0.717) is 0 Å². The van der Waals surface area contributed by atoms with Crippen LogP contribution in [0.2, 0.25) is 0 Å². The molecule has 2 saturated heterocycles. The minimum Gasteiger partial charge on any atom is -0.298 e. The van der Waals surface area contributed by atoms with Crippen molar-refractivity contribution < 1.29 is 0 Å². The third-order valence-corrected chi connectivity index (χ3v) is 5.61. The van der Waals surface area contributed by atoms with Gasteiger partial charge in [0.05, 0.1) is 0 Å². The highest BCUT2D eigenvalue weighted by atomic mass is 79.9. The first-order valence-electron chi connectivity index (χ1n) is 6.50. The van der Waals surface area contributed by atoms with Crippen LogP contribution in [-0.4, -0.2) is 42.0 Å². The lowest BCUT2D eigenvalue weighted by molar-refractivity contribution is 0.0461. The highest BCUT2D eigenvalue weighted by Gasteiger charge is 2.28. The molecule has 0 aromatic carbocycles. The molecule has 3 heterocycles. The summed E-state index contributed by atoms with van der Waals surface area (Å²) in [7, 11) is 0. The first-order chi connectivity index (χ1) is 8.31. The number of hydrogen-bond donors (Lipinski definition) is 0. The zero-order valence-electron chi connectivity index (χ0n) is 10.1. The summed E-state index contributed by atoms with van der Waals surface area (Å²) in [5, 5.41) is 2.19. The van der Waals surface area contributed by atoms with Crippen LogP contribution in [0, 0.1) is 0 Å². The summed E-state index contributed by atoms with van der Waals surface area (Å²) < 4.78 is 1.23. The Morgan fingerprint density at radius 1 is 1.29 bits per heavy atom. The molecule has 0 N–H and O–H groups in total. The van der Waals surface area contributed by atoms with Crippen LogP contribution < -0.4 is 0 Å². The fourth-order valence-electron chi connectivity index (χ4n) is 3.02. The van der Waals surface area contributed by atoms with E-state index in [0.717, 1.165) is 12.6 Å². The van der Waals surface area contributed by atoms with E-state index in [1.165, 1.54) is 54.8 Å². The molecule has 0 amide bonds. The van der Waals surface area contributed by atoms with Crippen molar-refractivity contribution in [3.8, 4) is 0 Å². The van der Waals surface area contributed by atoms with Gasteiger partial charge in [0.2, 0.25) is 0 Å². The molecule has 94 valence electrons. The Morgan fingerprint density at radius 3 is 3.06 bits per heavy atom. The Kier molecular flexibility index (Phi) is 3.85. The quantitative estimate of drug-likeness (QED) is 0.827. The fourth-order valence-corrected chi connectivity index (χ4v) is 4.51. The molecule has 1 unspecified atom stereocenters. The van der Waals surface area contributed by atoms with Gasteiger partial charge in [-0.15, -0.1) is 11.3 Å². The molecule has 1 atom stereocenters. The summed E-state index contributed by atoms with van der Waals surface area (Å²) in [5.41, 5.74) is 0. The first kappa shape index (κ1) is 12.2. The van der Waals surface area contributed by atoms with Gasteiger partial charge in [-0.05, 0) is 41.4 Å². The zero-order valence-corrected chi connectivity index (χ0v) is 12.5. The molecule has 0 bridgehead atoms. The number of halogens is 1. The van der Waals surface area contributed by atoms with Gasteiger partial charge in [-0.1, -0.05) is 6.42 Å². The van der Waals surface area contributed by atoms with Crippen LogP contribution >= 0.6 is 27.3 Å². The highest BCUT2D eigenvalue weighted by Crippen LogP contribution is 2.25. The van der Waals surface area contributed by atoms with Gasteiger partial charge in [0.1, 0.15) is 0 Å². The number of nitrogens with zero attached hydrogens (tertiary/aromatic N) is 2. The lowest BCUT2D eigenvalue weighted by atomic mass is 9.99. The fraction of sp³-hybridized carbons (Fsp3) is 0.692. The average molecular weight is 315 g/mol. The van der Waals surface area contributed by atoms with E-state index in [9.17, 15) is 0 Å². The van der Waals surface area contributed by atoms with E-state index in [1.807, 2.05) is 11.3 Å². The Labute approximate surface area is 116 Å². The van der Waals surface area contributed by atoms with E-state index in [-0.39, 0.29) is 0 Å². The van der Waals surface area contributed by atoms with Crippen molar-refractivity contribution in [2.75, 3.05) is 26.2 Å². The Balaban J connectivity index is 1.58. The van der Waals surface area contributed by atoms with Gasteiger partial charge in [0.15, 0.2) is 0 Å². The van der Waals surface area contributed by atoms with Crippen molar-refractivity contribution in [3.05, 3.63) is 20.8 Å². The van der Waals surface area contributed by atoms with Crippen molar-refractivity contribution in [1.82, 2.24) is 9.80 Å². The Hall–Kier alpha value is 0.1000. The van der Waals surface area contributed by atoms with Crippen LogP contribution in [0.4, 0.5) is 0 Å². The number of thiophene rings is 1. The molecule has 1 aromatic heterocycles. The molecule has 2 aliphatic heterocycles. The minimum absolute atomic E-state index is 0.834. The van der Waals surface area contributed by atoms with Crippen molar-refractivity contribution in [1.29, 1.82) is 0 Å². The van der Waals surface area contributed by atoms with E-state index in [1.54, 1.807) is 0 Å². The van der Waals surface area contributed by atoms with E-state index in [4.69, 9.17) is 0 Å². The van der Waals surface area contributed by atoms with Gasteiger partial charge < -0.3 is 0 Å². The summed E-state index contributed by atoms with van der Waals surface area (Å²) >= 11 is 5.41. The molecule has 3 rings (SSSR count). The van der Waals surface area contributed by atoms with Crippen LogP contribution in [0.25, 0.3) is 0 Å². The summed E-state index contributed by atoms with van der Waals surface area (Å²) in [6.45, 7) is 6.27. The molecule has 2 fully saturated rings. The minimum atomic E-state index is 0.834. The maximum Gasteiger partial charge on any atom is 0.0329 e. The maximum atomic E-state index is 3.54. The highest BCUT2D eigenvalue weighted by molar-refractivity contribution is 9.10. The smallest absolute Gasteiger partial charge is 0.0329 e. The molecule has 0 radical (unpaired) electrons. The zero-order chi connectivity index (χ0) is 11.7. The number of rotatable bonds is 2. The van der Waals surface area contributed by atoms with Crippen molar-refractivity contribution in [2.24, 2.45) is 0 Å². The number of hydrogen-bond acceptors (Lipinski definition) is 3. The predicted molar refractivity (Wildman–Crippen MR) is 76.5 cm³/mol. The molecular weight excluding hydrogens is 296 g/mol. The summed E-state index contributed by atoms with van der Waals surface area (Å²) in [4.78, 5) is 6.82. The monoisotopic (exact) mass is 314 g/mol. The van der Waals surface area contributed by atoms with Crippen LogP contribution in [0.15, 0.2) is 15.9 Å². The van der Waals surface area contributed by atoms with E-state index >= 15 is 0 Å². The third kappa shape index (κ3) is 2.92. The van der Waals surface area contributed by atoms with Gasteiger partial charge in [-0.2, -0.15) is 0 Å². The number of piperazine rings is 1. The number of piperidine rings is 1. The van der Waals surface area contributed by atoms with Crippen molar-refractivity contribution in [3.63, 3.8) is 0 Å². The Bertz CT molecular complexity index is 379. The lowest BCUT2D eigenvalue weighted by Gasteiger charge is -2.44. The van der Waals surface area contributed by atoms with Crippen LogP contribution in [0.3, 0.4) is 0 Å². The summed E-state index contributed by atoms with van der Waals surface area (Å²) in [6.07, 6.45) is 4.25. The molecule has 0 aliphatic carbocycles. The van der Waals surface area contributed by atoms with Gasteiger partial charge in [-0.25, -0.2) is 0 Å². The van der Waals surface area contributed by atoms with Gasteiger partial charge in [0.25, 0.3) is 0 Å². The third-order valence-electron chi connectivity index (χ3n) is 3.92. The second kappa shape index (κ2) is 5.39. The molecule has 1 aromatic rings. The molecule has 0 spiro atoms. The van der Waals surface area contributed by atoms with Crippen molar-refractivity contribution >= 4 is 27.3 Å². The van der Waals surface area contributed by atoms with Crippen LogP contribution in [0.5, 0.6) is 0 Å². The van der Waals surface area contributed by atoms with Gasteiger partial charge in [-0.3, -0.25) is 9.80 Å². The molecule has 0 saturated carbocycles. The molecular formula is C13H19BrN2S. The molecule has 2 aliphatic rings. The molecule has 4 heteroatoms. The van der Waals surface area contributed by atoms with Crippen LogP contribution in [-0.2, 0) is 6.54 Å². The largest absolute Gasteiger partial charge is 0.298 e. The SMILES string of the molecule is Brc1csc(CN2CCN3CCCCC3C2)c1. The topological polar surface area (TPSA) is 6.48 Å². The lowest BCUT2D eigenvalue weighted by Crippen LogP contribution is -2.54. The summed E-state index contributed by atoms with van der Waals surface area (Å²) in [6, 6.07) is 3.10. The van der Waals surface area contributed by atoms with Gasteiger partial charge in [0, 0.05) is 47.0 Å². The second-order valence-corrected chi connectivity index (χ2v) is 7.06. The second-order valence-electron chi connectivity index (χ2n) is 5.15. The first-order valence-corrected chi connectivity index (χ1v) is 8.18. The molecule has 17 heavy (non-hydrogen) atoms. The Morgan fingerprint density at radius 2 is 2.24 bits per heavy atom. The number of fused-ring (bicyclic) bond motifs is 1.